The molecule has 0 unspecified atom stereocenters. The number of carbonyl (C=O) groups excluding carboxylic acids is 1. The molecule has 0 saturated carbocycles. The van der Waals surface area contributed by atoms with Gasteiger partial charge >= 0.3 is 6.09 Å². The van der Waals surface area contributed by atoms with Crippen molar-refractivity contribution >= 4 is 32.8 Å². The second-order valence-corrected chi connectivity index (χ2v) is 10.0. The Bertz CT molecular complexity index is 1370. The smallest absolute Gasteiger partial charge is 0.410 e. The van der Waals surface area contributed by atoms with E-state index in [4.69, 9.17) is 9.84 Å². The topological polar surface area (TPSA) is 78.1 Å². The lowest BCUT2D eigenvalue weighted by molar-refractivity contribution is 0.0220. The monoisotopic (exact) mass is 508 g/mol. The highest BCUT2D eigenvalue weighted by atomic mass is 79.9. The van der Waals surface area contributed by atoms with Crippen molar-refractivity contribution in [3.63, 3.8) is 0 Å². The molecule has 8 nitrogen and oxygen atoms in total. The van der Waals surface area contributed by atoms with Crippen LogP contribution in [0.15, 0.2) is 47.5 Å². The molecule has 0 aliphatic carbocycles. The molecule has 1 amide bonds. The van der Waals surface area contributed by atoms with Gasteiger partial charge in [0.25, 0.3) is 0 Å². The second-order valence-electron chi connectivity index (χ2n) is 9.25. The predicted molar refractivity (Wildman–Crippen MR) is 129 cm³/mol. The van der Waals surface area contributed by atoms with Crippen LogP contribution in [0.4, 0.5) is 4.79 Å². The zero-order valence-electron chi connectivity index (χ0n) is 19.0. The van der Waals surface area contributed by atoms with Gasteiger partial charge in [0.2, 0.25) is 0 Å². The van der Waals surface area contributed by atoms with Gasteiger partial charge in [0.1, 0.15) is 10.2 Å². The first-order chi connectivity index (χ1) is 15.7. The molecule has 170 valence electrons. The van der Waals surface area contributed by atoms with E-state index in [1.54, 1.807) is 9.58 Å². The number of pyridine rings is 1. The van der Waals surface area contributed by atoms with Crippen LogP contribution < -0.4 is 0 Å². The lowest BCUT2D eigenvalue weighted by Crippen LogP contribution is -2.40. The zero-order valence-corrected chi connectivity index (χ0v) is 20.6. The van der Waals surface area contributed by atoms with E-state index in [9.17, 15) is 4.79 Å². The third-order valence-corrected chi connectivity index (χ3v) is 6.27. The van der Waals surface area contributed by atoms with Gasteiger partial charge in [-0.3, -0.25) is 9.67 Å². The van der Waals surface area contributed by atoms with Crippen LogP contribution >= 0.6 is 15.9 Å². The summed E-state index contributed by atoms with van der Waals surface area (Å²) in [6.07, 6.45) is 6.04. The van der Waals surface area contributed by atoms with Crippen molar-refractivity contribution in [2.45, 2.75) is 39.3 Å². The first kappa shape index (κ1) is 21.6. The van der Waals surface area contributed by atoms with E-state index < -0.39 is 5.60 Å². The molecule has 0 fully saturated rings. The molecule has 33 heavy (non-hydrogen) atoms. The molecule has 4 heterocycles. The van der Waals surface area contributed by atoms with E-state index in [2.05, 4.69) is 38.1 Å². The minimum absolute atomic E-state index is 0.308. The van der Waals surface area contributed by atoms with Crippen LogP contribution in [-0.4, -0.2) is 47.7 Å². The summed E-state index contributed by atoms with van der Waals surface area (Å²) in [6.45, 7) is 6.66. The number of amides is 1. The van der Waals surface area contributed by atoms with Crippen LogP contribution in [0.5, 0.6) is 0 Å². The average Bonchev–Trinajstić information content (AvgIpc) is 3.35. The largest absolute Gasteiger partial charge is 0.444 e. The third-order valence-electron chi connectivity index (χ3n) is 5.64. The van der Waals surface area contributed by atoms with E-state index >= 15 is 0 Å². The number of rotatable bonds is 2. The Balaban J connectivity index is 1.54. The molecule has 0 atom stereocenters. The van der Waals surface area contributed by atoms with Crippen LogP contribution in [0.25, 0.3) is 27.7 Å². The van der Waals surface area contributed by atoms with Crippen LogP contribution in [0.2, 0.25) is 0 Å². The molecular weight excluding hydrogens is 484 g/mol. The molecule has 0 bridgehead atoms. The Hall–Kier alpha value is -3.20. The van der Waals surface area contributed by atoms with E-state index in [-0.39, 0.29) is 6.09 Å². The third kappa shape index (κ3) is 4.13. The van der Waals surface area contributed by atoms with Crippen molar-refractivity contribution in [3.8, 4) is 16.9 Å². The summed E-state index contributed by atoms with van der Waals surface area (Å²) in [5.41, 5.74) is 4.32. The van der Waals surface area contributed by atoms with Gasteiger partial charge in [0.15, 0.2) is 0 Å². The number of nitrogens with zero attached hydrogens (tertiary/aromatic N) is 6. The molecule has 4 aromatic rings. The van der Waals surface area contributed by atoms with Gasteiger partial charge in [0, 0.05) is 42.5 Å². The summed E-state index contributed by atoms with van der Waals surface area (Å²) >= 11 is 3.62. The summed E-state index contributed by atoms with van der Waals surface area (Å²) in [5.74, 6) is 0. The molecule has 0 saturated heterocycles. The molecule has 1 aliphatic heterocycles. The summed E-state index contributed by atoms with van der Waals surface area (Å²) < 4.78 is 10.1. The van der Waals surface area contributed by atoms with E-state index in [0.29, 0.717) is 19.5 Å². The molecule has 9 heteroatoms. The number of benzene rings is 1. The number of aryl methyl sites for hydroxylation is 1. The number of aromatic nitrogens is 5. The maximum Gasteiger partial charge on any atom is 0.410 e. The first-order valence-electron chi connectivity index (χ1n) is 10.8. The average molecular weight is 509 g/mol. The lowest BCUT2D eigenvalue weighted by Gasteiger charge is -2.30. The van der Waals surface area contributed by atoms with Crippen molar-refractivity contribution in [3.05, 3.63) is 58.7 Å². The SMILES string of the molecule is Cn1cc(-c2cc3cccc(-n4nc(Br)c5c4CN(C(=O)OC(C)(C)C)CC5)c3cn2)cn1. The van der Waals surface area contributed by atoms with Gasteiger partial charge in [0.05, 0.1) is 29.8 Å². The van der Waals surface area contributed by atoms with Crippen LogP contribution in [0, 0.1) is 0 Å². The summed E-state index contributed by atoms with van der Waals surface area (Å²) in [7, 11) is 1.89. The summed E-state index contributed by atoms with van der Waals surface area (Å²) in [4.78, 5) is 19.1. The number of carbonyl (C=O) groups is 1. The van der Waals surface area contributed by atoms with Gasteiger partial charge < -0.3 is 9.64 Å². The van der Waals surface area contributed by atoms with Crippen LogP contribution in [0.3, 0.4) is 0 Å². The Morgan fingerprint density at radius 3 is 2.76 bits per heavy atom. The normalized spacial score (nSPS) is 13.9. The van der Waals surface area contributed by atoms with E-state index in [0.717, 1.165) is 43.6 Å². The van der Waals surface area contributed by atoms with E-state index in [1.807, 2.05) is 63.2 Å². The van der Waals surface area contributed by atoms with Gasteiger partial charge in [-0.05, 0) is 60.6 Å². The number of fused-ring (bicyclic) bond motifs is 2. The predicted octanol–water partition coefficient (Wildman–Crippen LogP) is 4.88. The fourth-order valence-electron chi connectivity index (χ4n) is 4.11. The molecule has 0 radical (unpaired) electrons. The number of hydrogen-bond donors (Lipinski definition) is 0. The molecule has 1 aromatic carbocycles. The number of halogens is 1. The molecule has 0 N–H and O–H groups in total. The quantitative estimate of drug-likeness (QED) is 0.385. The molecule has 5 rings (SSSR count). The van der Waals surface area contributed by atoms with Gasteiger partial charge in [-0.25, -0.2) is 9.48 Å². The van der Waals surface area contributed by atoms with Crippen molar-refractivity contribution in [2.75, 3.05) is 6.54 Å². The van der Waals surface area contributed by atoms with Crippen LogP contribution in [-0.2, 0) is 24.8 Å². The number of ether oxygens (including phenoxy) is 1. The maximum atomic E-state index is 12.7. The highest BCUT2D eigenvalue weighted by molar-refractivity contribution is 9.10. The zero-order chi connectivity index (χ0) is 23.3. The fourth-order valence-corrected chi connectivity index (χ4v) is 4.69. The van der Waals surface area contributed by atoms with Gasteiger partial charge in [-0.2, -0.15) is 10.2 Å². The highest BCUT2D eigenvalue weighted by Gasteiger charge is 2.30. The maximum absolute atomic E-state index is 12.7. The first-order valence-corrected chi connectivity index (χ1v) is 11.6. The molecule has 0 spiro atoms. The Kier molecular flexibility index (Phi) is 5.23. The van der Waals surface area contributed by atoms with Gasteiger partial charge in [-0.15, -0.1) is 0 Å². The summed E-state index contributed by atoms with van der Waals surface area (Å²) in [5, 5.41) is 11.1. The van der Waals surface area contributed by atoms with E-state index in [1.165, 1.54) is 0 Å². The van der Waals surface area contributed by atoms with Crippen LogP contribution in [0.1, 0.15) is 32.0 Å². The minimum atomic E-state index is -0.536. The molecule has 3 aromatic heterocycles. The van der Waals surface area contributed by atoms with Crippen molar-refractivity contribution in [2.24, 2.45) is 7.05 Å². The fraction of sp³-hybridized carbons (Fsp3) is 0.333. The second kappa shape index (κ2) is 7.98. The Labute approximate surface area is 200 Å². The Morgan fingerprint density at radius 2 is 2.03 bits per heavy atom. The summed E-state index contributed by atoms with van der Waals surface area (Å²) in [6, 6.07) is 8.17. The molecular formula is C24H25BrN6O2. The van der Waals surface area contributed by atoms with Crippen molar-refractivity contribution in [1.82, 2.24) is 29.4 Å². The van der Waals surface area contributed by atoms with Crippen molar-refractivity contribution in [1.29, 1.82) is 0 Å². The lowest BCUT2D eigenvalue weighted by atomic mass is 10.1. The highest BCUT2D eigenvalue weighted by Crippen LogP contribution is 2.32. The Morgan fingerprint density at radius 1 is 1.21 bits per heavy atom. The molecule has 1 aliphatic rings. The minimum Gasteiger partial charge on any atom is -0.444 e. The van der Waals surface area contributed by atoms with Crippen molar-refractivity contribution < 1.29 is 9.53 Å². The van der Waals surface area contributed by atoms with Gasteiger partial charge in [-0.1, -0.05) is 12.1 Å². The number of hydrogen-bond acceptors (Lipinski definition) is 5. The standard InChI is InChI=1S/C24H25BrN6O2/c1-24(2,3)33-23(32)30-9-8-17-21(14-30)31(28-22(17)25)20-7-5-6-15-10-19(26-12-18(15)20)16-11-27-29(4)13-16/h5-7,10-13H,8-9,14H2,1-4H3.